The van der Waals surface area contributed by atoms with Gasteiger partial charge in [0.15, 0.2) is 11.5 Å². The Hall–Kier alpha value is -2.57. The first-order valence-corrected chi connectivity index (χ1v) is 5.15. The van der Waals surface area contributed by atoms with Crippen molar-refractivity contribution in [2.24, 2.45) is 5.10 Å². The third-order valence-corrected chi connectivity index (χ3v) is 2.21. The smallest absolute Gasteiger partial charge is 0.329 e. The lowest BCUT2D eigenvalue weighted by Crippen LogP contribution is -2.35. The second kappa shape index (κ2) is 5.17. The van der Waals surface area contributed by atoms with E-state index in [1.807, 2.05) is 0 Å². The van der Waals surface area contributed by atoms with Gasteiger partial charge in [0.05, 0.1) is 6.21 Å². The largest absolute Gasteiger partial charge is 0.454 e. The first kappa shape index (κ1) is 11.9. The molecule has 0 unspecified atom stereocenters. The molecule has 0 atom stereocenters. The third-order valence-electron chi connectivity index (χ3n) is 2.21. The first-order chi connectivity index (χ1) is 8.70. The summed E-state index contributed by atoms with van der Waals surface area (Å²) in [6.07, 6.45) is 1.41. The number of carbonyl (C=O) groups is 2. The molecule has 1 heterocycles. The van der Waals surface area contributed by atoms with Crippen LogP contribution in [0, 0.1) is 0 Å². The van der Waals surface area contributed by atoms with Gasteiger partial charge < -0.3 is 14.8 Å². The number of nitrogens with zero attached hydrogens (tertiary/aromatic N) is 1. The second-order valence-electron chi connectivity index (χ2n) is 3.39. The monoisotopic (exact) mass is 249 g/mol. The standard InChI is InChI=1S/C11H11N3O4/c1-12-10(15)11(16)14-13-5-7-2-3-8-9(4-7)18-6-17-8/h2-5H,6H2,1H3,(H,12,15)(H,14,16)/b13-5+. The average molecular weight is 249 g/mol. The molecule has 1 aliphatic rings. The van der Waals surface area contributed by atoms with Gasteiger partial charge in [0.1, 0.15) is 0 Å². The minimum absolute atomic E-state index is 0.198. The summed E-state index contributed by atoms with van der Waals surface area (Å²) in [5.41, 5.74) is 2.81. The van der Waals surface area contributed by atoms with Crippen LogP contribution in [0.3, 0.4) is 0 Å². The minimum atomic E-state index is -0.825. The summed E-state index contributed by atoms with van der Waals surface area (Å²) >= 11 is 0. The van der Waals surface area contributed by atoms with Gasteiger partial charge in [0.25, 0.3) is 0 Å². The number of carbonyl (C=O) groups excluding carboxylic acids is 2. The number of hydrogen-bond acceptors (Lipinski definition) is 5. The molecule has 0 bridgehead atoms. The Morgan fingerprint density at radius 1 is 1.28 bits per heavy atom. The van der Waals surface area contributed by atoms with Crippen molar-refractivity contribution in [2.75, 3.05) is 13.8 Å². The highest BCUT2D eigenvalue weighted by atomic mass is 16.7. The number of rotatable bonds is 2. The van der Waals surface area contributed by atoms with Crippen molar-refractivity contribution in [1.29, 1.82) is 0 Å². The maximum absolute atomic E-state index is 11.1. The zero-order valence-electron chi connectivity index (χ0n) is 9.60. The van der Waals surface area contributed by atoms with Gasteiger partial charge in [0, 0.05) is 7.05 Å². The summed E-state index contributed by atoms with van der Waals surface area (Å²) in [6.45, 7) is 0.198. The van der Waals surface area contributed by atoms with E-state index in [2.05, 4.69) is 15.8 Å². The molecule has 2 rings (SSSR count). The van der Waals surface area contributed by atoms with Gasteiger partial charge >= 0.3 is 11.8 Å². The van der Waals surface area contributed by atoms with E-state index < -0.39 is 11.8 Å². The summed E-state index contributed by atoms with van der Waals surface area (Å²) in [7, 11) is 1.36. The van der Waals surface area contributed by atoms with Crippen LogP contribution in [0.25, 0.3) is 0 Å². The van der Waals surface area contributed by atoms with E-state index in [-0.39, 0.29) is 6.79 Å². The number of fused-ring (bicyclic) bond motifs is 1. The lowest BCUT2D eigenvalue weighted by Gasteiger charge is -1.98. The maximum atomic E-state index is 11.1. The number of nitrogens with one attached hydrogen (secondary N) is 2. The molecule has 7 heteroatoms. The Labute approximate surface area is 103 Å². The van der Waals surface area contributed by atoms with Crippen LogP contribution in [0.5, 0.6) is 11.5 Å². The van der Waals surface area contributed by atoms with Crippen molar-refractivity contribution in [3.05, 3.63) is 23.8 Å². The van der Waals surface area contributed by atoms with Crippen LogP contribution in [-0.2, 0) is 9.59 Å². The van der Waals surface area contributed by atoms with Gasteiger partial charge in [-0.05, 0) is 23.8 Å². The number of hydrazone groups is 1. The molecule has 7 nitrogen and oxygen atoms in total. The van der Waals surface area contributed by atoms with E-state index in [0.717, 1.165) is 5.56 Å². The summed E-state index contributed by atoms with van der Waals surface area (Å²) < 4.78 is 10.3. The van der Waals surface area contributed by atoms with E-state index in [1.165, 1.54) is 13.3 Å². The molecule has 0 saturated carbocycles. The predicted octanol–water partition coefficient (Wildman–Crippen LogP) is -0.389. The fourth-order valence-corrected chi connectivity index (χ4v) is 1.32. The third kappa shape index (κ3) is 2.57. The molecular weight excluding hydrogens is 238 g/mol. The molecule has 2 amide bonds. The minimum Gasteiger partial charge on any atom is -0.454 e. The molecule has 1 aromatic carbocycles. The topological polar surface area (TPSA) is 89.0 Å². The van der Waals surface area contributed by atoms with Crippen LogP contribution >= 0.6 is 0 Å². The van der Waals surface area contributed by atoms with Gasteiger partial charge in [-0.2, -0.15) is 5.10 Å². The molecular formula is C11H11N3O4. The number of benzene rings is 1. The molecule has 0 saturated heterocycles. The Morgan fingerprint density at radius 2 is 2.06 bits per heavy atom. The van der Waals surface area contributed by atoms with Gasteiger partial charge in [-0.3, -0.25) is 9.59 Å². The van der Waals surface area contributed by atoms with Crippen LogP contribution in [-0.4, -0.2) is 31.9 Å². The van der Waals surface area contributed by atoms with Crippen LogP contribution in [0.2, 0.25) is 0 Å². The summed E-state index contributed by atoms with van der Waals surface area (Å²) in [5.74, 6) is -0.287. The lowest BCUT2D eigenvalue weighted by molar-refractivity contribution is -0.138. The average Bonchev–Trinajstić information content (AvgIpc) is 2.85. The van der Waals surface area contributed by atoms with E-state index in [9.17, 15) is 9.59 Å². The molecule has 0 fully saturated rings. The fourth-order valence-electron chi connectivity index (χ4n) is 1.32. The fraction of sp³-hybridized carbons (Fsp3) is 0.182. The number of likely N-dealkylation sites (N-methyl/N-ethyl adjacent to an activating group) is 1. The van der Waals surface area contributed by atoms with Crippen molar-refractivity contribution in [3.8, 4) is 11.5 Å². The molecule has 0 aromatic heterocycles. The summed E-state index contributed by atoms with van der Waals surface area (Å²) in [6, 6.07) is 5.21. The Balaban J connectivity index is 1.97. The zero-order chi connectivity index (χ0) is 13.0. The van der Waals surface area contributed by atoms with Gasteiger partial charge in [-0.15, -0.1) is 0 Å². The van der Waals surface area contributed by atoms with Gasteiger partial charge in [0.2, 0.25) is 6.79 Å². The molecule has 0 radical (unpaired) electrons. The molecule has 1 aromatic rings. The van der Waals surface area contributed by atoms with E-state index >= 15 is 0 Å². The normalized spacial score (nSPS) is 12.5. The molecule has 0 spiro atoms. The second-order valence-corrected chi connectivity index (χ2v) is 3.39. The first-order valence-electron chi connectivity index (χ1n) is 5.15. The van der Waals surface area contributed by atoms with Gasteiger partial charge in [-0.1, -0.05) is 0 Å². The van der Waals surface area contributed by atoms with Crippen LogP contribution in [0.15, 0.2) is 23.3 Å². The van der Waals surface area contributed by atoms with E-state index in [1.54, 1.807) is 18.2 Å². The SMILES string of the molecule is CNC(=O)C(=O)N/N=C/c1ccc2c(c1)OCO2. The van der Waals surface area contributed by atoms with Crippen molar-refractivity contribution >= 4 is 18.0 Å². The molecule has 94 valence electrons. The van der Waals surface area contributed by atoms with Crippen molar-refractivity contribution in [1.82, 2.24) is 10.7 Å². The number of amides is 2. The van der Waals surface area contributed by atoms with Crippen LogP contribution in [0.1, 0.15) is 5.56 Å². The quantitative estimate of drug-likeness (QED) is 0.424. The summed E-state index contributed by atoms with van der Waals surface area (Å²) in [4.78, 5) is 21.9. The highest BCUT2D eigenvalue weighted by Crippen LogP contribution is 2.31. The highest BCUT2D eigenvalue weighted by molar-refractivity contribution is 6.34. The van der Waals surface area contributed by atoms with E-state index in [4.69, 9.17) is 9.47 Å². The van der Waals surface area contributed by atoms with E-state index in [0.29, 0.717) is 11.5 Å². The summed E-state index contributed by atoms with van der Waals surface area (Å²) in [5, 5.41) is 5.84. The Bertz CT molecular complexity index is 513. The van der Waals surface area contributed by atoms with Crippen molar-refractivity contribution in [3.63, 3.8) is 0 Å². The Morgan fingerprint density at radius 3 is 2.83 bits per heavy atom. The van der Waals surface area contributed by atoms with Crippen molar-refractivity contribution in [2.45, 2.75) is 0 Å². The van der Waals surface area contributed by atoms with Crippen LogP contribution < -0.4 is 20.2 Å². The molecule has 2 N–H and O–H groups in total. The molecule has 18 heavy (non-hydrogen) atoms. The predicted molar refractivity (Wildman–Crippen MR) is 62.4 cm³/mol. The Kier molecular flexibility index (Phi) is 3.42. The molecule has 0 aliphatic carbocycles. The van der Waals surface area contributed by atoms with Gasteiger partial charge in [-0.25, -0.2) is 5.43 Å². The van der Waals surface area contributed by atoms with Crippen molar-refractivity contribution < 1.29 is 19.1 Å². The highest BCUT2D eigenvalue weighted by Gasteiger charge is 2.12. The van der Waals surface area contributed by atoms with Crippen LogP contribution in [0.4, 0.5) is 0 Å². The lowest BCUT2D eigenvalue weighted by atomic mass is 10.2. The zero-order valence-corrected chi connectivity index (χ0v) is 9.60. The maximum Gasteiger partial charge on any atom is 0.329 e. The molecule has 1 aliphatic heterocycles. The number of hydrogen-bond donors (Lipinski definition) is 2. The number of ether oxygens (including phenoxy) is 2.